The Morgan fingerprint density at radius 3 is 1.59 bits per heavy atom. The van der Waals surface area contributed by atoms with Crippen molar-refractivity contribution in [1.82, 2.24) is 5.32 Å². The van der Waals surface area contributed by atoms with E-state index in [1.165, 1.54) is 46.2 Å². The molecule has 0 aliphatic carbocycles. The Labute approximate surface area is 134 Å². The summed E-state index contributed by atoms with van der Waals surface area (Å²) in [5.41, 5.74) is 8.37. The van der Waals surface area contributed by atoms with E-state index in [0.717, 1.165) is 6.54 Å². The quantitative estimate of drug-likeness (QED) is 0.857. The Bertz CT molecular complexity index is 574. The van der Waals surface area contributed by atoms with Gasteiger partial charge in [0.05, 0.1) is 0 Å². The van der Waals surface area contributed by atoms with Gasteiger partial charge in [-0.05, 0) is 58.2 Å². The minimum Gasteiger partial charge on any atom is -0.313 e. The molecule has 2 aromatic rings. The van der Waals surface area contributed by atoms with Crippen molar-refractivity contribution in [3.05, 3.63) is 69.8 Å². The van der Waals surface area contributed by atoms with Crippen LogP contribution in [0.2, 0.25) is 0 Å². The number of nitrogens with one attached hydrogen (secondary N) is 1. The lowest BCUT2D eigenvalue weighted by Gasteiger charge is -2.26. The van der Waals surface area contributed by atoms with Crippen LogP contribution in [-0.2, 0) is 0 Å². The smallest absolute Gasteiger partial charge is 0.0243 e. The highest BCUT2D eigenvalue weighted by molar-refractivity contribution is 5.41. The molecule has 0 unspecified atom stereocenters. The first-order valence-corrected chi connectivity index (χ1v) is 8.43. The molecule has 1 atom stereocenters. The van der Waals surface area contributed by atoms with Crippen molar-refractivity contribution < 1.29 is 0 Å². The molecule has 0 saturated carbocycles. The molecule has 2 aromatic carbocycles. The zero-order valence-electron chi connectivity index (χ0n) is 14.2. The topological polar surface area (TPSA) is 12.0 Å². The highest BCUT2D eigenvalue weighted by Gasteiger charge is 2.28. The first-order chi connectivity index (χ1) is 10.5. The molecule has 1 saturated heterocycles. The highest BCUT2D eigenvalue weighted by Crippen LogP contribution is 2.34. The Hall–Kier alpha value is -1.60. The maximum atomic E-state index is 3.73. The molecule has 3 rings (SSSR count). The molecule has 1 aliphatic heterocycles. The van der Waals surface area contributed by atoms with Gasteiger partial charge in [-0.15, -0.1) is 0 Å². The Kier molecular flexibility index (Phi) is 4.35. The molecular weight excluding hydrogens is 266 g/mol. The largest absolute Gasteiger partial charge is 0.313 e. The van der Waals surface area contributed by atoms with Gasteiger partial charge >= 0.3 is 0 Å². The van der Waals surface area contributed by atoms with Gasteiger partial charge in [-0.3, -0.25) is 0 Å². The van der Waals surface area contributed by atoms with Crippen molar-refractivity contribution in [2.75, 3.05) is 6.54 Å². The van der Waals surface area contributed by atoms with Gasteiger partial charge in [-0.25, -0.2) is 0 Å². The molecule has 1 nitrogen and oxygen atoms in total. The van der Waals surface area contributed by atoms with Gasteiger partial charge in [0.15, 0.2) is 0 Å². The number of hydrogen-bond donors (Lipinski definition) is 1. The lowest BCUT2D eigenvalue weighted by atomic mass is 9.82. The summed E-state index contributed by atoms with van der Waals surface area (Å²) in [5.74, 6) is 0.458. The van der Waals surface area contributed by atoms with Crippen LogP contribution in [0, 0.1) is 27.7 Å². The molecule has 1 N–H and O–H groups in total. The van der Waals surface area contributed by atoms with E-state index in [4.69, 9.17) is 0 Å². The number of aryl methyl sites for hydroxylation is 4. The molecule has 1 fully saturated rings. The maximum Gasteiger partial charge on any atom is 0.0243 e. The van der Waals surface area contributed by atoms with Crippen LogP contribution in [0.5, 0.6) is 0 Å². The van der Waals surface area contributed by atoms with Crippen LogP contribution in [0.4, 0.5) is 0 Å². The van der Waals surface area contributed by atoms with Crippen molar-refractivity contribution in [3.8, 4) is 0 Å². The number of rotatable bonds is 3. The number of hydrogen-bond acceptors (Lipinski definition) is 1. The van der Waals surface area contributed by atoms with E-state index in [-0.39, 0.29) is 0 Å². The van der Waals surface area contributed by atoms with Crippen molar-refractivity contribution in [3.63, 3.8) is 0 Å². The van der Waals surface area contributed by atoms with Gasteiger partial charge in [0, 0.05) is 12.0 Å². The third-order valence-corrected chi connectivity index (χ3v) is 4.71. The van der Waals surface area contributed by atoms with E-state index in [9.17, 15) is 0 Å². The summed E-state index contributed by atoms with van der Waals surface area (Å²) in [6.45, 7) is 9.97. The molecule has 1 heterocycles. The summed E-state index contributed by atoms with van der Waals surface area (Å²) in [7, 11) is 0. The highest BCUT2D eigenvalue weighted by atomic mass is 14.9. The van der Waals surface area contributed by atoms with Crippen LogP contribution in [0.3, 0.4) is 0 Å². The second-order valence-electron chi connectivity index (χ2n) is 7.02. The van der Waals surface area contributed by atoms with Gasteiger partial charge in [0.25, 0.3) is 0 Å². The van der Waals surface area contributed by atoms with E-state index >= 15 is 0 Å². The summed E-state index contributed by atoms with van der Waals surface area (Å²) in [5, 5.41) is 3.73. The molecule has 0 bridgehead atoms. The Morgan fingerprint density at radius 2 is 1.23 bits per heavy atom. The molecule has 116 valence electrons. The Balaban J connectivity index is 2.10. The molecular formula is C21H27N. The molecule has 22 heavy (non-hydrogen) atoms. The molecule has 0 aromatic heterocycles. The summed E-state index contributed by atoms with van der Waals surface area (Å²) >= 11 is 0. The average molecular weight is 293 g/mol. The first-order valence-electron chi connectivity index (χ1n) is 8.43. The van der Waals surface area contributed by atoms with E-state index < -0.39 is 0 Å². The first kappa shape index (κ1) is 15.3. The van der Waals surface area contributed by atoms with Crippen molar-refractivity contribution in [1.29, 1.82) is 0 Å². The maximum absolute atomic E-state index is 3.73. The minimum atomic E-state index is 0.458. The molecule has 0 spiro atoms. The van der Waals surface area contributed by atoms with Crippen LogP contribution in [-0.4, -0.2) is 12.6 Å². The van der Waals surface area contributed by atoms with Crippen molar-refractivity contribution in [2.45, 2.75) is 52.5 Å². The van der Waals surface area contributed by atoms with E-state index in [1.807, 2.05) is 0 Å². The van der Waals surface area contributed by atoms with Crippen LogP contribution >= 0.6 is 0 Å². The lowest BCUT2D eigenvalue weighted by molar-refractivity contribution is 0.540. The van der Waals surface area contributed by atoms with Crippen molar-refractivity contribution in [2.24, 2.45) is 0 Å². The van der Waals surface area contributed by atoms with E-state index in [2.05, 4.69) is 69.4 Å². The predicted molar refractivity (Wildman–Crippen MR) is 94.7 cm³/mol. The third-order valence-electron chi connectivity index (χ3n) is 4.71. The summed E-state index contributed by atoms with van der Waals surface area (Å²) < 4.78 is 0. The zero-order valence-corrected chi connectivity index (χ0v) is 14.2. The van der Waals surface area contributed by atoms with Gasteiger partial charge in [0.2, 0.25) is 0 Å². The van der Waals surface area contributed by atoms with Crippen LogP contribution < -0.4 is 5.32 Å². The molecule has 1 heteroatoms. The predicted octanol–water partition coefficient (Wildman–Crippen LogP) is 4.80. The summed E-state index contributed by atoms with van der Waals surface area (Å²) in [6, 6.07) is 14.6. The monoisotopic (exact) mass is 293 g/mol. The fourth-order valence-electron chi connectivity index (χ4n) is 4.03. The number of benzene rings is 2. The third kappa shape index (κ3) is 3.25. The minimum absolute atomic E-state index is 0.458. The second-order valence-corrected chi connectivity index (χ2v) is 7.02. The van der Waals surface area contributed by atoms with Crippen molar-refractivity contribution >= 4 is 0 Å². The van der Waals surface area contributed by atoms with Gasteiger partial charge in [0.1, 0.15) is 0 Å². The van der Waals surface area contributed by atoms with Crippen LogP contribution in [0.15, 0.2) is 36.4 Å². The van der Waals surface area contributed by atoms with Crippen LogP contribution in [0.1, 0.15) is 52.1 Å². The van der Waals surface area contributed by atoms with E-state index in [0.29, 0.717) is 12.0 Å². The normalized spacial score (nSPS) is 18.1. The fourth-order valence-corrected chi connectivity index (χ4v) is 4.03. The zero-order chi connectivity index (χ0) is 15.7. The summed E-state index contributed by atoms with van der Waals surface area (Å²) in [6.07, 6.45) is 2.56. The second kappa shape index (κ2) is 6.26. The standard InChI is InChI=1S/C21H27N/c1-14-8-15(2)11-18(10-14)21(20-6-5-7-22-20)19-12-16(3)9-17(4)13-19/h8-13,20-22H,5-7H2,1-4H3/t20-/m1/s1. The fraction of sp³-hybridized carbons (Fsp3) is 0.429. The van der Waals surface area contributed by atoms with Gasteiger partial charge < -0.3 is 5.32 Å². The molecule has 0 amide bonds. The molecule has 1 aliphatic rings. The van der Waals surface area contributed by atoms with E-state index in [1.54, 1.807) is 0 Å². The van der Waals surface area contributed by atoms with Crippen LogP contribution in [0.25, 0.3) is 0 Å². The van der Waals surface area contributed by atoms with Gasteiger partial charge in [-0.1, -0.05) is 58.7 Å². The SMILES string of the molecule is Cc1cc(C)cc(C(c2cc(C)cc(C)c2)[C@H]2CCCN2)c1. The summed E-state index contributed by atoms with van der Waals surface area (Å²) in [4.78, 5) is 0. The Morgan fingerprint density at radius 1 is 0.773 bits per heavy atom. The average Bonchev–Trinajstić information content (AvgIpc) is 2.90. The lowest BCUT2D eigenvalue weighted by Crippen LogP contribution is -2.30. The van der Waals surface area contributed by atoms with Gasteiger partial charge in [-0.2, -0.15) is 0 Å². The molecule has 0 radical (unpaired) electrons.